The maximum atomic E-state index is 12.7. The Morgan fingerprint density at radius 2 is 1.74 bits per heavy atom. The van der Waals surface area contributed by atoms with Crippen LogP contribution in [0.4, 0.5) is 0 Å². The maximum Gasteiger partial charge on any atom is 0.245 e. The zero-order valence-corrected chi connectivity index (χ0v) is 15.7. The third kappa shape index (κ3) is 7.48. The average Bonchev–Trinajstić information content (AvgIpc) is 2.46. The molecule has 0 saturated carbocycles. The smallest absolute Gasteiger partial charge is 0.245 e. The Kier molecular flexibility index (Phi) is 8.87. The molecule has 0 fully saturated rings. The molecular weight excluding hydrogens is 294 g/mol. The van der Waals surface area contributed by atoms with Gasteiger partial charge in [-0.3, -0.25) is 14.4 Å². The summed E-state index contributed by atoms with van der Waals surface area (Å²) >= 11 is 0. The van der Waals surface area contributed by atoms with Crippen molar-refractivity contribution in [2.75, 3.05) is 27.7 Å². The second-order valence-electron chi connectivity index (χ2n) is 7.42. The highest BCUT2D eigenvalue weighted by Gasteiger charge is 2.35. The Morgan fingerprint density at radius 1 is 1.17 bits per heavy atom. The number of hydrogen-bond donors (Lipinski definition) is 1. The van der Waals surface area contributed by atoms with Crippen LogP contribution in [0, 0.1) is 11.3 Å². The lowest BCUT2D eigenvalue weighted by Crippen LogP contribution is -2.55. The maximum absolute atomic E-state index is 12.7. The van der Waals surface area contributed by atoms with E-state index in [4.69, 9.17) is 0 Å². The van der Waals surface area contributed by atoms with Crippen LogP contribution < -0.4 is 5.32 Å². The molecule has 2 atom stereocenters. The minimum atomic E-state index is -0.587. The van der Waals surface area contributed by atoms with Crippen molar-refractivity contribution in [3.63, 3.8) is 0 Å². The van der Waals surface area contributed by atoms with Gasteiger partial charge in [0.15, 0.2) is 0 Å². The number of nitrogens with one attached hydrogen (secondary N) is 1. The monoisotopic (exact) mass is 327 g/mol. The van der Waals surface area contributed by atoms with Crippen molar-refractivity contribution >= 4 is 18.2 Å². The molecule has 0 aromatic carbocycles. The van der Waals surface area contributed by atoms with E-state index >= 15 is 0 Å². The van der Waals surface area contributed by atoms with Gasteiger partial charge in [-0.2, -0.15) is 0 Å². The lowest BCUT2D eigenvalue weighted by Gasteiger charge is -2.33. The molecule has 1 N–H and O–H groups in total. The van der Waals surface area contributed by atoms with Crippen molar-refractivity contribution in [3.8, 4) is 0 Å². The van der Waals surface area contributed by atoms with Gasteiger partial charge >= 0.3 is 0 Å². The van der Waals surface area contributed by atoms with E-state index in [1.807, 2.05) is 20.8 Å². The molecule has 0 aromatic rings. The van der Waals surface area contributed by atoms with E-state index in [2.05, 4.69) is 12.2 Å². The molecule has 0 bridgehead atoms. The second-order valence-corrected chi connectivity index (χ2v) is 7.42. The van der Waals surface area contributed by atoms with Crippen LogP contribution in [0.3, 0.4) is 0 Å². The predicted octanol–water partition coefficient (Wildman–Crippen LogP) is 1.50. The Morgan fingerprint density at radius 3 is 2.13 bits per heavy atom. The Balaban J connectivity index is 5.15. The molecule has 3 amide bonds. The van der Waals surface area contributed by atoms with Gasteiger partial charge in [-0.25, -0.2) is 0 Å². The highest BCUT2D eigenvalue weighted by molar-refractivity contribution is 5.89. The van der Waals surface area contributed by atoms with Gasteiger partial charge in [-0.15, -0.1) is 0 Å². The minimum absolute atomic E-state index is 0.121. The van der Waals surface area contributed by atoms with Crippen LogP contribution in [0.5, 0.6) is 0 Å². The molecule has 0 spiro atoms. The molecule has 6 heteroatoms. The zero-order chi connectivity index (χ0) is 18.2. The molecule has 6 nitrogen and oxygen atoms in total. The molecule has 0 aliphatic rings. The number of amides is 3. The highest BCUT2D eigenvalue weighted by Crippen LogP contribution is 2.22. The summed E-state index contributed by atoms with van der Waals surface area (Å²) in [7, 11) is 5.02. The molecule has 134 valence electrons. The molecule has 0 heterocycles. The predicted molar refractivity (Wildman–Crippen MR) is 91.8 cm³/mol. The largest absolute Gasteiger partial charge is 0.348 e. The van der Waals surface area contributed by atoms with E-state index in [0.29, 0.717) is 13.0 Å². The van der Waals surface area contributed by atoms with Crippen LogP contribution in [0.15, 0.2) is 0 Å². The molecule has 0 saturated heterocycles. The van der Waals surface area contributed by atoms with Crippen LogP contribution in [-0.2, 0) is 14.4 Å². The topological polar surface area (TPSA) is 69.7 Å². The number of nitrogens with zero attached hydrogens (tertiary/aromatic N) is 2. The van der Waals surface area contributed by atoms with Crippen LogP contribution >= 0.6 is 0 Å². The molecule has 0 aliphatic carbocycles. The average molecular weight is 327 g/mol. The molecule has 23 heavy (non-hydrogen) atoms. The van der Waals surface area contributed by atoms with Crippen molar-refractivity contribution < 1.29 is 14.4 Å². The summed E-state index contributed by atoms with van der Waals surface area (Å²) < 4.78 is 0. The number of carbonyl (C=O) groups is 3. The number of unbranched alkanes of at least 4 members (excludes halogenated alkanes) is 1. The first-order valence-corrected chi connectivity index (χ1v) is 8.21. The van der Waals surface area contributed by atoms with Crippen LogP contribution in [0.1, 0.15) is 47.0 Å². The summed E-state index contributed by atoms with van der Waals surface area (Å²) in [5.41, 5.74) is -0.386. The third-order valence-corrected chi connectivity index (χ3v) is 3.81. The van der Waals surface area contributed by atoms with E-state index in [-0.39, 0.29) is 23.1 Å². The standard InChI is InChI=1S/C17H33N3O3/c1-8-9-10-13(11-20(7)12-21)15(22)18-14(17(2,3)4)16(23)19(5)6/h12-14H,8-11H2,1-7H3,(H,18,22)/t13-,14-/m1/s1. The fourth-order valence-electron chi connectivity index (χ4n) is 2.31. The van der Waals surface area contributed by atoms with E-state index in [1.165, 1.54) is 9.80 Å². The number of hydrogen-bond acceptors (Lipinski definition) is 3. The Bertz CT molecular complexity index is 402. The van der Waals surface area contributed by atoms with Crippen LogP contribution in [0.2, 0.25) is 0 Å². The number of carbonyl (C=O) groups excluding carboxylic acids is 3. The quantitative estimate of drug-likeness (QED) is 0.653. The highest BCUT2D eigenvalue weighted by atomic mass is 16.2. The van der Waals surface area contributed by atoms with Crippen LogP contribution in [0.25, 0.3) is 0 Å². The van der Waals surface area contributed by atoms with Gasteiger partial charge in [0, 0.05) is 27.7 Å². The lowest BCUT2D eigenvalue weighted by atomic mass is 9.85. The lowest BCUT2D eigenvalue weighted by molar-refractivity contribution is -0.139. The van der Waals surface area contributed by atoms with E-state index in [1.54, 1.807) is 21.1 Å². The van der Waals surface area contributed by atoms with E-state index in [9.17, 15) is 14.4 Å². The van der Waals surface area contributed by atoms with Crippen molar-refractivity contribution in [2.45, 2.75) is 53.0 Å². The summed E-state index contributed by atoms with van der Waals surface area (Å²) in [5, 5.41) is 2.90. The molecular formula is C17H33N3O3. The zero-order valence-electron chi connectivity index (χ0n) is 15.7. The molecule has 0 aliphatic heterocycles. The van der Waals surface area contributed by atoms with Gasteiger partial charge in [-0.1, -0.05) is 40.5 Å². The van der Waals surface area contributed by atoms with Gasteiger partial charge in [0.1, 0.15) is 6.04 Å². The fraction of sp³-hybridized carbons (Fsp3) is 0.824. The first-order chi connectivity index (χ1) is 10.5. The normalized spacial score (nSPS) is 13.9. The summed E-state index contributed by atoms with van der Waals surface area (Å²) in [4.78, 5) is 38.9. The number of rotatable bonds is 9. The fourth-order valence-corrected chi connectivity index (χ4v) is 2.31. The summed E-state index contributed by atoms with van der Waals surface area (Å²) in [6.45, 7) is 8.21. The SMILES string of the molecule is CCCC[C@H](CN(C)C=O)C(=O)N[C@H](C(=O)N(C)C)C(C)(C)C. The Labute approximate surface area is 140 Å². The number of likely N-dealkylation sites (N-methyl/N-ethyl adjacent to an activating group) is 1. The summed E-state index contributed by atoms with van der Waals surface area (Å²) in [6, 6.07) is -0.587. The van der Waals surface area contributed by atoms with Gasteiger partial charge < -0.3 is 15.1 Å². The first-order valence-electron chi connectivity index (χ1n) is 8.21. The molecule has 0 unspecified atom stereocenters. The van der Waals surface area contributed by atoms with Gasteiger partial charge in [-0.05, 0) is 11.8 Å². The summed E-state index contributed by atoms with van der Waals surface area (Å²) in [6.07, 6.45) is 3.31. The van der Waals surface area contributed by atoms with Crippen molar-refractivity contribution in [1.82, 2.24) is 15.1 Å². The van der Waals surface area contributed by atoms with Gasteiger partial charge in [0.25, 0.3) is 0 Å². The van der Waals surface area contributed by atoms with Crippen molar-refractivity contribution in [1.29, 1.82) is 0 Å². The first kappa shape index (κ1) is 21.4. The van der Waals surface area contributed by atoms with Crippen LogP contribution in [-0.4, -0.2) is 61.8 Å². The molecule has 0 radical (unpaired) electrons. The Hall–Kier alpha value is -1.59. The van der Waals surface area contributed by atoms with Gasteiger partial charge in [0.2, 0.25) is 18.2 Å². The minimum Gasteiger partial charge on any atom is -0.348 e. The van der Waals surface area contributed by atoms with Crippen molar-refractivity contribution in [3.05, 3.63) is 0 Å². The van der Waals surface area contributed by atoms with Gasteiger partial charge in [0.05, 0.1) is 5.92 Å². The molecule has 0 aromatic heterocycles. The van der Waals surface area contributed by atoms with E-state index < -0.39 is 6.04 Å². The molecule has 0 rings (SSSR count). The van der Waals surface area contributed by atoms with Crippen molar-refractivity contribution in [2.24, 2.45) is 11.3 Å². The van der Waals surface area contributed by atoms with E-state index in [0.717, 1.165) is 19.3 Å². The second kappa shape index (κ2) is 9.53. The third-order valence-electron chi connectivity index (χ3n) is 3.81. The summed E-state index contributed by atoms with van der Waals surface area (Å²) in [5.74, 6) is -0.587.